The van der Waals surface area contributed by atoms with Crippen LogP contribution in [0.4, 0.5) is 10.5 Å². The Bertz CT molecular complexity index is 808. The van der Waals surface area contributed by atoms with E-state index in [-0.39, 0.29) is 49.1 Å². The van der Waals surface area contributed by atoms with Crippen molar-refractivity contribution in [1.29, 1.82) is 0 Å². The third kappa shape index (κ3) is 4.96. The van der Waals surface area contributed by atoms with Gasteiger partial charge >= 0.3 is 6.03 Å². The van der Waals surface area contributed by atoms with Crippen molar-refractivity contribution in [3.05, 3.63) is 23.8 Å². The number of nitrogens with one attached hydrogen (secondary N) is 2. The van der Waals surface area contributed by atoms with Crippen LogP contribution in [-0.4, -0.2) is 67.0 Å². The van der Waals surface area contributed by atoms with Gasteiger partial charge in [0, 0.05) is 37.3 Å². The molecule has 0 aromatic heterocycles. The van der Waals surface area contributed by atoms with Gasteiger partial charge in [-0.1, -0.05) is 19.3 Å². The van der Waals surface area contributed by atoms with Crippen LogP contribution in [0.3, 0.4) is 0 Å². The first-order valence-electron chi connectivity index (χ1n) is 11.3. The van der Waals surface area contributed by atoms with E-state index in [4.69, 9.17) is 9.47 Å². The molecule has 170 valence electrons. The number of urea groups is 1. The number of nitrogens with zero attached hydrogens (tertiary/aromatic N) is 1. The molecular formula is C23H33N3O5. The first-order valence-corrected chi connectivity index (χ1v) is 11.3. The van der Waals surface area contributed by atoms with Crippen LogP contribution in [0, 0.1) is 0 Å². The summed E-state index contributed by atoms with van der Waals surface area (Å²) < 4.78 is 12.1. The summed E-state index contributed by atoms with van der Waals surface area (Å²) in [4.78, 5) is 26.2. The van der Waals surface area contributed by atoms with E-state index in [1.54, 1.807) is 19.0 Å². The summed E-state index contributed by atoms with van der Waals surface area (Å²) in [6.07, 6.45) is 5.46. The molecular weight excluding hydrogens is 398 g/mol. The second-order valence-electron chi connectivity index (χ2n) is 9.08. The molecule has 8 nitrogen and oxygen atoms in total. The fourth-order valence-corrected chi connectivity index (χ4v) is 4.94. The van der Waals surface area contributed by atoms with Gasteiger partial charge in [0.2, 0.25) is 5.91 Å². The zero-order chi connectivity index (χ0) is 22.0. The van der Waals surface area contributed by atoms with Gasteiger partial charge in [0.25, 0.3) is 0 Å². The molecule has 1 aromatic carbocycles. The number of hydrogen-bond donors (Lipinski definition) is 3. The van der Waals surface area contributed by atoms with Crippen LogP contribution < -0.4 is 15.4 Å². The van der Waals surface area contributed by atoms with E-state index < -0.39 is 6.10 Å². The van der Waals surface area contributed by atoms with E-state index >= 15 is 0 Å². The molecule has 3 N–H and O–H groups in total. The van der Waals surface area contributed by atoms with Crippen molar-refractivity contribution in [3.8, 4) is 5.75 Å². The molecule has 8 heteroatoms. The number of aliphatic hydroxyl groups is 1. The maximum absolute atomic E-state index is 12.5. The zero-order valence-electron chi connectivity index (χ0n) is 18.3. The number of benzene rings is 1. The first kappa shape index (κ1) is 21.9. The number of fused-ring (bicyclic) bond motifs is 3. The van der Waals surface area contributed by atoms with Gasteiger partial charge in [-0.15, -0.1) is 0 Å². The molecule has 2 heterocycles. The van der Waals surface area contributed by atoms with Gasteiger partial charge in [0.05, 0.1) is 19.1 Å². The van der Waals surface area contributed by atoms with Crippen molar-refractivity contribution in [2.75, 3.05) is 26.0 Å². The number of carbonyl (C=O) groups is 2. The Morgan fingerprint density at radius 3 is 2.68 bits per heavy atom. The summed E-state index contributed by atoms with van der Waals surface area (Å²) in [5.74, 6) is 0.743. The lowest BCUT2D eigenvalue weighted by atomic mass is 9.84. The summed E-state index contributed by atoms with van der Waals surface area (Å²) >= 11 is 0. The minimum atomic E-state index is -0.489. The predicted molar refractivity (Wildman–Crippen MR) is 116 cm³/mol. The van der Waals surface area contributed by atoms with Crippen LogP contribution in [0.15, 0.2) is 18.2 Å². The van der Waals surface area contributed by atoms with E-state index in [0.29, 0.717) is 12.1 Å². The van der Waals surface area contributed by atoms with E-state index in [9.17, 15) is 14.7 Å². The first-order chi connectivity index (χ1) is 14.9. The quantitative estimate of drug-likeness (QED) is 0.666. The molecule has 1 saturated carbocycles. The molecule has 1 aromatic rings. The number of rotatable bonds is 5. The minimum Gasteiger partial charge on any atom is -0.487 e. The maximum atomic E-state index is 12.5. The number of ether oxygens (including phenoxy) is 2. The fourth-order valence-electron chi connectivity index (χ4n) is 4.94. The molecule has 1 saturated heterocycles. The molecule has 0 unspecified atom stereocenters. The van der Waals surface area contributed by atoms with E-state index in [2.05, 4.69) is 10.6 Å². The Morgan fingerprint density at radius 1 is 1.19 bits per heavy atom. The van der Waals surface area contributed by atoms with Gasteiger partial charge in [0.1, 0.15) is 18.0 Å². The Kier molecular flexibility index (Phi) is 6.67. The molecule has 2 fully saturated rings. The van der Waals surface area contributed by atoms with Crippen LogP contribution in [-0.2, 0) is 9.53 Å². The van der Waals surface area contributed by atoms with Crippen molar-refractivity contribution >= 4 is 17.6 Å². The van der Waals surface area contributed by atoms with Gasteiger partial charge in [0.15, 0.2) is 0 Å². The second kappa shape index (κ2) is 9.44. The zero-order valence-corrected chi connectivity index (χ0v) is 18.3. The van der Waals surface area contributed by atoms with E-state index in [0.717, 1.165) is 37.0 Å². The smallest absolute Gasteiger partial charge is 0.319 e. The second-order valence-corrected chi connectivity index (χ2v) is 9.08. The normalized spacial score (nSPS) is 27.6. The maximum Gasteiger partial charge on any atom is 0.319 e. The Labute approximate surface area is 183 Å². The number of amides is 3. The predicted octanol–water partition coefficient (Wildman–Crippen LogP) is 2.61. The lowest BCUT2D eigenvalue weighted by Crippen LogP contribution is -2.47. The SMILES string of the molecule is CN(C)C(=O)C[C@H]1C[C@H]2c3cc(NC(=O)NC4CCCCC4)ccc3O[C@H]2[C@@H](CO)O1. The molecule has 2 aliphatic heterocycles. The topological polar surface area (TPSA) is 100 Å². The Balaban J connectivity index is 1.45. The number of carbonyl (C=O) groups excluding carboxylic acids is 2. The third-order valence-corrected chi connectivity index (χ3v) is 6.60. The lowest BCUT2D eigenvalue weighted by Gasteiger charge is -2.37. The summed E-state index contributed by atoms with van der Waals surface area (Å²) in [5.41, 5.74) is 1.70. The largest absolute Gasteiger partial charge is 0.487 e. The van der Waals surface area contributed by atoms with E-state index in [1.165, 1.54) is 6.42 Å². The van der Waals surface area contributed by atoms with Crippen molar-refractivity contribution in [2.45, 2.75) is 75.2 Å². The Hall–Kier alpha value is -2.32. The molecule has 31 heavy (non-hydrogen) atoms. The van der Waals surface area contributed by atoms with E-state index in [1.807, 2.05) is 18.2 Å². The highest BCUT2D eigenvalue weighted by Crippen LogP contribution is 2.47. The fraction of sp³-hybridized carbons (Fsp3) is 0.652. The van der Waals surface area contributed by atoms with Crippen LogP contribution in [0.2, 0.25) is 0 Å². The van der Waals surface area contributed by atoms with Crippen molar-refractivity contribution < 1.29 is 24.2 Å². The highest BCUT2D eigenvalue weighted by atomic mass is 16.6. The minimum absolute atomic E-state index is 0.00372. The number of anilines is 1. The van der Waals surface area contributed by atoms with Crippen LogP contribution in [0.1, 0.15) is 56.4 Å². The number of aliphatic hydroxyl groups excluding tert-OH is 1. The highest BCUT2D eigenvalue weighted by molar-refractivity contribution is 5.89. The summed E-state index contributed by atoms with van der Waals surface area (Å²) in [6, 6.07) is 5.70. The molecule has 0 bridgehead atoms. The lowest BCUT2D eigenvalue weighted by molar-refractivity contribution is -0.147. The third-order valence-electron chi connectivity index (χ3n) is 6.60. The molecule has 1 aliphatic carbocycles. The molecule has 4 atom stereocenters. The van der Waals surface area contributed by atoms with Crippen molar-refractivity contribution in [3.63, 3.8) is 0 Å². The summed E-state index contributed by atoms with van der Waals surface area (Å²) in [7, 11) is 3.45. The molecule has 3 amide bonds. The number of hydrogen-bond acceptors (Lipinski definition) is 5. The molecule has 0 radical (unpaired) electrons. The summed E-state index contributed by atoms with van der Waals surface area (Å²) in [5, 5.41) is 15.9. The Morgan fingerprint density at radius 2 is 1.97 bits per heavy atom. The summed E-state index contributed by atoms with van der Waals surface area (Å²) in [6.45, 7) is -0.170. The van der Waals surface area contributed by atoms with Gasteiger partial charge in [-0.3, -0.25) is 4.79 Å². The van der Waals surface area contributed by atoms with Crippen LogP contribution >= 0.6 is 0 Å². The van der Waals surface area contributed by atoms with Gasteiger partial charge in [-0.25, -0.2) is 4.79 Å². The van der Waals surface area contributed by atoms with Crippen molar-refractivity contribution in [1.82, 2.24) is 10.2 Å². The average Bonchev–Trinajstić information content (AvgIpc) is 3.11. The monoisotopic (exact) mass is 431 g/mol. The average molecular weight is 432 g/mol. The van der Waals surface area contributed by atoms with Crippen molar-refractivity contribution in [2.24, 2.45) is 0 Å². The standard InChI is InChI=1S/C23H33N3O5/c1-26(2)21(28)12-16-11-18-17-10-15(25-23(29)24-14-6-4-3-5-7-14)8-9-19(17)31-22(18)20(13-27)30-16/h8-10,14,16,18,20,22,27H,3-7,11-13H2,1-2H3,(H2,24,25,29)/t16-,18+,20-,22-/m1/s1. The molecule has 3 aliphatic rings. The van der Waals surface area contributed by atoms with Gasteiger partial charge in [-0.05, 0) is 37.5 Å². The molecule has 0 spiro atoms. The molecule has 4 rings (SSSR count). The van der Waals surface area contributed by atoms with Gasteiger partial charge in [-0.2, -0.15) is 0 Å². The highest BCUT2D eigenvalue weighted by Gasteiger charge is 2.46. The van der Waals surface area contributed by atoms with Crippen LogP contribution in [0.5, 0.6) is 5.75 Å². The van der Waals surface area contributed by atoms with Gasteiger partial charge < -0.3 is 30.1 Å². The van der Waals surface area contributed by atoms with Crippen LogP contribution in [0.25, 0.3) is 0 Å².